The molecule has 112 valence electrons. The largest absolute Gasteiger partial charge is 0.400 e. The van der Waals surface area contributed by atoms with Crippen LogP contribution in [0.25, 0.3) is 0 Å². The van der Waals surface area contributed by atoms with E-state index in [-0.39, 0.29) is 23.0 Å². The number of hydroxylamine groups is 2. The van der Waals surface area contributed by atoms with E-state index in [1.54, 1.807) is 12.1 Å². The maximum absolute atomic E-state index is 12.1. The summed E-state index contributed by atoms with van der Waals surface area (Å²) < 4.78 is 1.35. The van der Waals surface area contributed by atoms with Gasteiger partial charge in [-0.05, 0) is 26.0 Å². The molecule has 0 atom stereocenters. The number of carbonyl (C=O) groups excluding carboxylic acids is 3. The summed E-state index contributed by atoms with van der Waals surface area (Å²) in [6.07, 6.45) is 1.21. The predicted octanol–water partition coefficient (Wildman–Crippen LogP) is 1.23. The van der Waals surface area contributed by atoms with Crippen LogP contribution in [0.3, 0.4) is 0 Å². The fourth-order valence-electron chi connectivity index (χ4n) is 2.15. The van der Waals surface area contributed by atoms with E-state index < -0.39 is 17.8 Å². The van der Waals surface area contributed by atoms with Gasteiger partial charge in [-0.2, -0.15) is 5.10 Å². The highest BCUT2D eigenvalue weighted by Gasteiger charge is 2.39. The lowest BCUT2D eigenvalue weighted by molar-refractivity contribution is -0.0597. The summed E-state index contributed by atoms with van der Waals surface area (Å²) in [4.78, 5) is 45.1. The zero-order chi connectivity index (χ0) is 15.9. The Kier molecular flexibility index (Phi) is 3.21. The molecule has 2 amide bonds. The summed E-state index contributed by atoms with van der Waals surface area (Å²) in [7, 11) is 0. The van der Waals surface area contributed by atoms with Crippen molar-refractivity contribution < 1.29 is 19.2 Å². The number of rotatable bonds is 3. The lowest BCUT2D eigenvalue weighted by Crippen LogP contribution is -2.33. The van der Waals surface area contributed by atoms with Crippen molar-refractivity contribution >= 4 is 17.8 Å². The number of carbonyl (C=O) groups is 3. The second-order valence-electron chi connectivity index (χ2n) is 4.95. The van der Waals surface area contributed by atoms with E-state index >= 15 is 0 Å². The Hall–Kier alpha value is -3.03. The van der Waals surface area contributed by atoms with Gasteiger partial charge in [0.25, 0.3) is 11.8 Å². The van der Waals surface area contributed by atoms with Crippen LogP contribution < -0.4 is 0 Å². The Morgan fingerprint density at radius 2 is 1.73 bits per heavy atom. The smallest absolute Gasteiger partial charge is 0.321 e. The molecule has 0 bridgehead atoms. The molecule has 8 nitrogen and oxygen atoms in total. The number of aromatic nitrogens is 3. The van der Waals surface area contributed by atoms with Crippen molar-refractivity contribution in [2.75, 3.05) is 0 Å². The lowest BCUT2D eigenvalue weighted by Gasteiger charge is -2.13. The van der Waals surface area contributed by atoms with E-state index in [2.05, 4.69) is 10.1 Å². The molecule has 3 rings (SSSR count). The Morgan fingerprint density at radius 1 is 1.14 bits per heavy atom. The minimum atomic E-state index is -0.916. The Morgan fingerprint density at radius 3 is 2.27 bits per heavy atom. The molecule has 0 saturated carbocycles. The van der Waals surface area contributed by atoms with Crippen LogP contribution in [0.1, 0.15) is 51.2 Å². The number of nitrogens with zero attached hydrogens (tertiary/aromatic N) is 4. The quantitative estimate of drug-likeness (QED) is 0.791. The van der Waals surface area contributed by atoms with E-state index in [0.29, 0.717) is 5.06 Å². The highest BCUT2D eigenvalue weighted by atomic mass is 16.7. The molecule has 0 aliphatic carbocycles. The first kappa shape index (κ1) is 13.9. The molecular formula is C14H12N4O4. The molecule has 1 aliphatic rings. The van der Waals surface area contributed by atoms with Crippen LogP contribution in [-0.2, 0) is 4.84 Å². The maximum Gasteiger partial charge on any atom is 0.400 e. The van der Waals surface area contributed by atoms with Gasteiger partial charge >= 0.3 is 5.97 Å². The van der Waals surface area contributed by atoms with Crippen molar-refractivity contribution in [2.45, 2.75) is 19.9 Å². The van der Waals surface area contributed by atoms with Gasteiger partial charge in [-0.25, -0.2) is 14.5 Å². The van der Waals surface area contributed by atoms with Crippen molar-refractivity contribution in [1.29, 1.82) is 0 Å². The van der Waals surface area contributed by atoms with Crippen molar-refractivity contribution in [3.63, 3.8) is 0 Å². The van der Waals surface area contributed by atoms with Crippen LogP contribution in [0.15, 0.2) is 30.6 Å². The van der Waals surface area contributed by atoms with Gasteiger partial charge in [0.05, 0.1) is 11.1 Å². The Balaban J connectivity index is 1.86. The number of amides is 2. The minimum absolute atomic E-state index is 0.0773. The standard InChI is InChI=1S/C14H12N4O4/c1-8(2)17-11(15-7-16-17)14(21)22-18-12(19)9-5-3-4-6-10(9)13(18)20/h3-8H,1-2H3. The van der Waals surface area contributed by atoms with Gasteiger partial charge in [-0.15, -0.1) is 0 Å². The topological polar surface area (TPSA) is 94.4 Å². The fraction of sp³-hybridized carbons (Fsp3) is 0.214. The van der Waals surface area contributed by atoms with Gasteiger partial charge in [-0.1, -0.05) is 17.2 Å². The van der Waals surface area contributed by atoms with Crippen LogP contribution in [0.5, 0.6) is 0 Å². The minimum Gasteiger partial charge on any atom is -0.321 e. The molecule has 1 aliphatic heterocycles. The van der Waals surface area contributed by atoms with E-state index in [1.807, 2.05) is 13.8 Å². The summed E-state index contributed by atoms with van der Waals surface area (Å²) in [6, 6.07) is 6.14. The Labute approximate surface area is 125 Å². The third-order valence-electron chi connectivity index (χ3n) is 3.18. The van der Waals surface area contributed by atoms with E-state index in [1.165, 1.54) is 23.1 Å². The molecule has 1 aromatic heterocycles. The molecule has 0 N–H and O–H groups in total. The molecular weight excluding hydrogens is 288 g/mol. The zero-order valence-electron chi connectivity index (χ0n) is 11.9. The molecule has 2 heterocycles. The molecule has 0 radical (unpaired) electrons. The van der Waals surface area contributed by atoms with Crippen LogP contribution in [-0.4, -0.2) is 37.6 Å². The average molecular weight is 300 g/mol. The monoisotopic (exact) mass is 300 g/mol. The number of benzene rings is 1. The normalized spacial score (nSPS) is 13.7. The van der Waals surface area contributed by atoms with Crippen LogP contribution in [0.4, 0.5) is 0 Å². The average Bonchev–Trinajstić information content (AvgIpc) is 3.08. The third-order valence-corrected chi connectivity index (χ3v) is 3.18. The maximum atomic E-state index is 12.1. The Bertz CT molecular complexity index is 746. The first-order valence-corrected chi connectivity index (χ1v) is 6.60. The number of hydrogen-bond donors (Lipinski definition) is 0. The highest BCUT2D eigenvalue weighted by molar-refractivity contribution is 6.21. The van der Waals surface area contributed by atoms with Gasteiger partial charge in [0.1, 0.15) is 6.33 Å². The number of imide groups is 1. The van der Waals surface area contributed by atoms with E-state index in [9.17, 15) is 14.4 Å². The number of fused-ring (bicyclic) bond motifs is 1. The SMILES string of the molecule is CC(C)n1ncnc1C(=O)ON1C(=O)c2ccccc2C1=O. The summed E-state index contributed by atoms with van der Waals surface area (Å²) in [5.74, 6) is -2.35. The summed E-state index contributed by atoms with van der Waals surface area (Å²) in [5.41, 5.74) is 0.399. The highest BCUT2D eigenvalue weighted by Crippen LogP contribution is 2.23. The first-order valence-electron chi connectivity index (χ1n) is 6.60. The second kappa shape index (κ2) is 5.06. The molecule has 0 spiro atoms. The molecule has 22 heavy (non-hydrogen) atoms. The summed E-state index contributed by atoms with van der Waals surface area (Å²) >= 11 is 0. The summed E-state index contributed by atoms with van der Waals surface area (Å²) in [6.45, 7) is 3.63. The van der Waals surface area contributed by atoms with E-state index in [4.69, 9.17) is 4.84 Å². The molecule has 0 fully saturated rings. The van der Waals surface area contributed by atoms with Crippen LogP contribution in [0, 0.1) is 0 Å². The first-order chi connectivity index (χ1) is 10.5. The zero-order valence-corrected chi connectivity index (χ0v) is 11.9. The van der Waals surface area contributed by atoms with Crippen molar-refractivity contribution in [1.82, 2.24) is 19.8 Å². The predicted molar refractivity (Wildman–Crippen MR) is 72.8 cm³/mol. The molecule has 8 heteroatoms. The van der Waals surface area contributed by atoms with E-state index in [0.717, 1.165) is 0 Å². The number of hydrogen-bond acceptors (Lipinski definition) is 6. The van der Waals surface area contributed by atoms with Gasteiger partial charge in [0.2, 0.25) is 5.82 Å². The molecule has 2 aromatic rings. The van der Waals surface area contributed by atoms with Gasteiger partial charge < -0.3 is 4.84 Å². The van der Waals surface area contributed by atoms with Crippen molar-refractivity contribution in [2.24, 2.45) is 0 Å². The third kappa shape index (κ3) is 2.05. The van der Waals surface area contributed by atoms with Crippen molar-refractivity contribution in [3.05, 3.63) is 47.5 Å². The lowest BCUT2D eigenvalue weighted by atomic mass is 10.1. The second-order valence-corrected chi connectivity index (χ2v) is 4.95. The van der Waals surface area contributed by atoms with Gasteiger partial charge in [0, 0.05) is 6.04 Å². The van der Waals surface area contributed by atoms with Crippen LogP contribution >= 0.6 is 0 Å². The molecule has 0 unspecified atom stereocenters. The summed E-state index contributed by atoms with van der Waals surface area (Å²) in [5, 5.41) is 4.36. The van der Waals surface area contributed by atoms with Gasteiger partial charge in [-0.3, -0.25) is 9.59 Å². The fourth-order valence-corrected chi connectivity index (χ4v) is 2.15. The van der Waals surface area contributed by atoms with Gasteiger partial charge in [0.15, 0.2) is 0 Å². The molecule has 0 saturated heterocycles. The van der Waals surface area contributed by atoms with Crippen LogP contribution in [0.2, 0.25) is 0 Å². The van der Waals surface area contributed by atoms with Crippen molar-refractivity contribution in [3.8, 4) is 0 Å². The molecule has 1 aromatic carbocycles.